The molecule has 3 rings (SSSR count). The molecular formula is C17H23N5O2. The van der Waals surface area contributed by atoms with Crippen molar-refractivity contribution in [2.75, 3.05) is 33.8 Å². The van der Waals surface area contributed by atoms with E-state index in [9.17, 15) is 4.79 Å². The van der Waals surface area contributed by atoms with Crippen LogP contribution in [-0.4, -0.2) is 64.3 Å². The molecule has 0 fully saturated rings. The van der Waals surface area contributed by atoms with E-state index in [1.165, 1.54) is 0 Å². The highest BCUT2D eigenvalue weighted by atomic mass is 16.5. The van der Waals surface area contributed by atoms with Gasteiger partial charge >= 0.3 is 0 Å². The normalized spacial score (nSPS) is 17.0. The first kappa shape index (κ1) is 16.4. The van der Waals surface area contributed by atoms with Crippen molar-refractivity contribution in [3.8, 4) is 5.88 Å². The Bertz CT molecular complexity index is 671. The van der Waals surface area contributed by atoms with Gasteiger partial charge in [0.1, 0.15) is 12.6 Å². The molecule has 3 heterocycles. The Balaban J connectivity index is 1.66. The Morgan fingerprint density at radius 1 is 1.33 bits per heavy atom. The van der Waals surface area contributed by atoms with E-state index in [4.69, 9.17) is 4.74 Å². The maximum absolute atomic E-state index is 12.5. The van der Waals surface area contributed by atoms with E-state index in [0.29, 0.717) is 32.0 Å². The van der Waals surface area contributed by atoms with Crippen molar-refractivity contribution in [2.45, 2.75) is 19.0 Å². The van der Waals surface area contributed by atoms with Gasteiger partial charge in [-0.1, -0.05) is 6.07 Å². The Hall–Kier alpha value is -2.41. The van der Waals surface area contributed by atoms with Gasteiger partial charge in [0.25, 0.3) is 0 Å². The number of hydrogen-bond donors (Lipinski definition) is 0. The molecule has 1 atom stereocenters. The van der Waals surface area contributed by atoms with Crippen LogP contribution in [0.15, 0.2) is 36.7 Å². The van der Waals surface area contributed by atoms with E-state index in [2.05, 4.69) is 10.1 Å². The molecule has 0 saturated carbocycles. The lowest BCUT2D eigenvalue weighted by Gasteiger charge is -2.34. The van der Waals surface area contributed by atoms with Gasteiger partial charge in [-0.05, 0) is 26.2 Å². The molecule has 0 bridgehead atoms. The maximum Gasteiger partial charge on any atom is 0.224 e. The Kier molecular flexibility index (Phi) is 5.10. The number of hydrogen-bond acceptors (Lipinski definition) is 5. The maximum atomic E-state index is 12.5. The van der Waals surface area contributed by atoms with Gasteiger partial charge in [0.05, 0.1) is 12.2 Å². The van der Waals surface area contributed by atoms with E-state index in [-0.39, 0.29) is 11.9 Å². The number of rotatable bonds is 6. The number of amides is 1. The van der Waals surface area contributed by atoms with Gasteiger partial charge in [-0.25, -0.2) is 4.98 Å². The van der Waals surface area contributed by atoms with E-state index in [1.807, 2.05) is 52.8 Å². The topological polar surface area (TPSA) is 63.5 Å². The minimum atomic E-state index is -0.00550. The van der Waals surface area contributed by atoms with E-state index in [0.717, 1.165) is 12.2 Å². The minimum absolute atomic E-state index is 0.00550. The molecule has 7 nitrogen and oxygen atoms in total. The molecule has 0 N–H and O–H groups in total. The Morgan fingerprint density at radius 2 is 2.21 bits per heavy atom. The number of ether oxygens (including phenoxy) is 1. The monoisotopic (exact) mass is 329 g/mol. The summed E-state index contributed by atoms with van der Waals surface area (Å²) in [4.78, 5) is 20.6. The van der Waals surface area contributed by atoms with Crippen LogP contribution in [0.4, 0.5) is 0 Å². The third kappa shape index (κ3) is 3.91. The van der Waals surface area contributed by atoms with Crippen LogP contribution in [-0.2, 0) is 11.3 Å². The molecule has 24 heavy (non-hydrogen) atoms. The van der Waals surface area contributed by atoms with E-state index in [1.54, 1.807) is 12.4 Å². The Labute approximate surface area is 141 Å². The van der Waals surface area contributed by atoms with Crippen molar-refractivity contribution in [1.29, 1.82) is 0 Å². The predicted octanol–water partition coefficient (Wildman–Crippen LogP) is 1.19. The molecule has 0 saturated heterocycles. The smallest absolute Gasteiger partial charge is 0.224 e. The molecule has 0 aromatic carbocycles. The molecule has 0 unspecified atom stereocenters. The summed E-state index contributed by atoms with van der Waals surface area (Å²) >= 11 is 0. The number of carbonyl (C=O) groups excluding carboxylic acids is 1. The lowest BCUT2D eigenvalue weighted by molar-refractivity contribution is -0.133. The molecule has 0 radical (unpaired) electrons. The van der Waals surface area contributed by atoms with Crippen molar-refractivity contribution < 1.29 is 9.53 Å². The van der Waals surface area contributed by atoms with Crippen molar-refractivity contribution in [3.05, 3.63) is 42.4 Å². The quantitative estimate of drug-likeness (QED) is 0.797. The highest BCUT2D eigenvalue weighted by molar-refractivity contribution is 5.76. The van der Waals surface area contributed by atoms with Crippen LogP contribution < -0.4 is 4.74 Å². The Morgan fingerprint density at radius 3 is 2.96 bits per heavy atom. The molecule has 0 spiro atoms. The highest BCUT2D eigenvalue weighted by Crippen LogP contribution is 2.21. The van der Waals surface area contributed by atoms with Crippen LogP contribution in [0.2, 0.25) is 0 Å². The molecule has 1 aliphatic rings. The fourth-order valence-electron chi connectivity index (χ4n) is 2.79. The highest BCUT2D eigenvalue weighted by Gasteiger charge is 2.28. The zero-order chi connectivity index (χ0) is 16.9. The zero-order valence-corrected chi connectivity index (χ0v) is 14.1. The number of aromatic nitrogens is 3. The number of fused-ring (bicyclic) bond motifs is 1. The second-order valence-electron chi connectivity index (χ2n) is 6.23. The van der Waals surface area contributed by atoms with Gasteiger partial charge in [-0.3, -0.25) is 9.48 Å². The van der Waals surface area contributed by atoms with Crippen molar-refractivity contribution in [2.24, 2.45) is 0 Å². The summed E-state index contributed by atoms with van der Waals surface area (Å²) in [5, 5.41) is 4.39. The van der Waals surface area contributed by atoms with Gasteiger partial charge in [0, 0.05) is 38.0 Å². The van der Waals surface area contributed by atoms with Crippen LogP contribution in [0.5, 0.6) is 5.88 Å². The second kappa shape index (κ2) is 7.44. The number of carbonyl (C=O) groups is 1. The van der Waals surface area contributed by atoms with E-state index < -0.39 is 0 Å². The fourth-order valence-corrected chi connectivity index (χ4v) is 2.79. The summed E-state index contributed by atoms with van der Waals surface area (Å²) in [7, 11) is 3.95. The number of nitrogens with zero attached hydrogens (tertiary/aromatic N) is 5. The molecule has 2 aromatic heterocycles. The van der Waals surface area contributed by atoms with Gasteiger partial charge in [0.15, 0.2) is 0 Å². The molecule has 1 aliphatic heterocycles. The van der Waals surface area contributed by atoms with Crippen LogP contribution in [0, 0.1) is 0 Å². The summed E-state index contributed by atoms with van der Waals surface area (Å²) in [5.74, 6) is 0.751. The zero-order valence-electron chi connectivity index (χ0n) is 14.1. The lowest BCUT2D eigenvalue weighted by atomic mass is 10.2. The molecule has 128 valence electrons. The van der Waals surface area contributed by atoms with Gasteiger partial charge in [-0.15, -0.1) is 0 Å². The standard InChI is InChI=1S/C17H23N5O2/c1-20(2)10-7-17(23)21-11-14-6-9-19-22(14)15(12-21)13-24-16-5-3-4-8-18-16/h3-6,8-9,15H,7,10-13H2,1-2H3/t15-/m0/s1. The summed E-state index contributed by atoms with van der Waals surface area (Å²) in [5.41, 5.74) is 1.04. The average molecular weight is 329 g/mol. The van der Waals surface area contributed by atoms with Crippen LogP contribution in [0.3, 0.4) is 0 Å². The van der Waals surface area contributed by atoms with Crippen molar-refractivity contribution in [1.82, 2.24) is 24.6 Å². The molecule has 1 amide bonds. The number of pyridine rings is 1. The molecular weight excluding hydrogens is 306 g/mol. The SMILES string of the molecule is CN(C)CCC(=O)N1Cc2ccnn2[C@H](COc2ccccn2)C1. The first-order valence-electron chi connectivity index (χ1n) is 8.12. The fraction of sp³-hybridized carbons (Fsp3) is 0.471. The van der Waals surface area contributed by atoms with Gasteiger partial charge < -0.3 is 14.5 Å². The van der Waals surface area contributed by atoms with Gasteiger partial charge in [-0.2, -0.15) is 5.10 Å². The second-order valence-corrected chi connectivity index (χ2v) is 6.23. The lowest BCUT2D eigenvalue weighted by Crippen LogP contribution is -2.43. The third-order valence-corrected chi connectivity index (χ3v) is 4.07. The third-order valence-electron chi connectivity index (χ3n) is 4.07. The van der Waals surface area contributed by atoms with Gasteiger partial charge in [0.2, 0.25) is 11.8 Å². The summed E-state index contributed by atoms with van der Waals surface area (Å²) in [6.07, 6.45) is 4.00. The van der Waals surface area contributed by atoms with Crippen LogP contribution in [0.25, 0.3) is 0 Å². The summed E-state index contributed by atoms with van der Waals surface area (Å²) in [6, 6.07) is 7.52. The largest absolute Gasteiger partial charge is 0.475 e. The van der Waals surface area contributed by atoms with E-state index >= 15 is 0 Å². The first-order chi connectivity index (χ1) is 11.6. The molecule has 7 heteroatoms. The summed E-state index contributed by atoms with van der Waals surface area (Å²) in [6.45, 7) is 2.40. The minimum Gasteiger partial charge on any atom is -0.475 e. The first-order valence-corrected chi connectivity index (χ1v) is 8.12. The van der Waals surface area contributed by atoms with Crippen LogP contribution >= 0.6 is 0 Å². The molecule has 2 aromatic rings. The average Bonchev–Trinajstić information content (AvgIpc) is 3.07. The predicted molar refractivity (Wildman–Crippen MR) is 89.6 cm³/mol. The van der Waals surface area contributed by atoms with Crippen molar-refractivity contribution in [3.63, 3.8) is 0 Å². The van der Waals surface area contributed by atoms with Crippen molar-refractivity contribution >= 4 is 5.91 Å². The van der Waals surface area contributed by atoms with Crippen LogP contribution in [0.1, 0.15) is 18.2 Å². The molecule has 0 aliphatic carbocycles. The summed E-state index contributed by atoms with van der Waals surface area (Å²) < 4.78 is 7.74.